The van der Waals surface area contributed by atoms with Crippen LogP contribution in [0.5, 0.6) is 0 Å². The molecule has 8 heteroatoms. The first-order valence-corrected chi connectivity index (χ1v) is 7.52. The first-order chi connectivity index (χ1) is 8.77. The molecule has 3 nitrogen and oxygen atoms in total. The SMILES string of the molecule is Cl.NCCCCCS(=O)(=O)c1ccc(C(F)(F)F)cc1. The van der Waals surface area contributed by atoms with Crippen LogP contribution in [0.3, 0.4) is 0 Å². The van der Waals surface area contributed by atoms with E-state index in [1.807, 2.05) is 0 Å². The second-order valence-electron chi connectivity index (χ2n) is 4.19. The Bertz CT molecular complexity index is 500. The molecule has 1 aromatic rings. The van der Waals surface area contributed by atoms with Crippen molar-refractivity contribution in [3.8, 4) is 0 Å². The first kappa shape index (κ1) is 19.2. The van der Waals surface area contributed by atoms with Gasteiger partial charge in [-0.3, -0.25) is 0 Å². The van der Waals surface area contributed by atoms with Crippen molar-refractivity contribution in [2.75, 3.05) is 12.3 Å². The molecule has 0 radical (unpaired) electrons. The lowest BCUT2D eigenvalue weighted by Crippen LogP contribution is -2.09. The molecule has 0 aliphatic rings. The van der Waals surface area contributed by atoms with Crippen molar-refractivity contribution in [3.05, 3.63) is 29.8 Å². The number of benzene rings is 1. The van der Waals surface area contributed by atoms with E-state index in [-0.39, 0.29) is 23.1 Å². The van der Waals surface area contributed by atoms with Gasteiger partial charge in [0.05, 0.1) is 16.2 Å². The van der Waals surface area contributed by atoms with Crippen LogP contribution in [0.15, 0.2) is 29.2 Å². The Morgan fingerprint density at radius 2 is 1.55 bits per heavy atom. The van der Waals surface area contributed by atoms with Gasteiger partial charge in [-0.1, -0.05) is 6.42 Å². The Hall–Kier alpha value is -0.790. The summed E-state index contributed by atoms with van der Waals surface area (Å²) in [6, 6.07) is 3.57. The topological polar surface area (TPSA) is 60.2 Å². The maximum atomic E-state index is 12.3. The quantitative estimate of drug-likeness (QED) is 0.815. The minimum absolute atomic E-state index is 0. The maximum Gasteiger partial charge on any atom is 0.416 e. The van der Waals surface area contributed by atoms with Gasteiger partial charge in [0.2, 0.25) is 0 Å². The standard InChI is InChI=1S/C12H16F3NO2S.ClH/c13-12(14,15)10-4-6-11(7-5-10)19(17,18)9-3-1-2-8-16;/h4-7H,1-3,8-9,16H2;1H. The fourth-order valence-corrected chi connectivity index (χ4v) is 2.95. The van der Waals surface area contributed by atoms with E-state index in [0.717, 1.165) is 30.7 Å². The fraction of sp³-hybridized carbons (Fsp3) is 0.500. The van der Waals surface area contributed by atoms with Gasteiger partial charge < -0.3 is 5.73 Å². The van der Waals surface area contributed by atoms with Crippen LogP contribution in [0.2, 0.25) is 0 Å². The highest BCUT2D eigenvalue weighted by molar-refractivity contribution is 7.91. The first-order valence-electron chi connectivity index (χ1n) is 5.87. The Kier molecular flexibility index (Phi) is 7.54. The maximum absolute atomic E-state index is 12.3. The minimum Gasteiger partial charge on any atom is -0.330 e. The largest absolute Gasteiger partial charge is 0.416 e. The molecule has 0 spiro atoms. The number of hydrogen-bond donors (Lipinski definition) is 1. The monoisotopic (exact) mass is 331 g/mol. The van der Waals surface area contributed by atoms with Crippen molar-refractivity contribution in [1.29, 1.82) is 0 Å². The zero-order valence-electron chi connectivity index (χ0n) is 10.7. The van der Waals surface area contributed by atoms with Gasteiger partial charge in [-0.25, -0.2) is 8.42 Å². The summed E-state index contributed by atoms with van der Waals surface area (Å²) in [6.45, 7) is 0.500. The Balaban J connectivity index is 0.00000361. The molecule has 0 bridgehead atoms. The van der Waals surface area contributed by atoms with E-state index in [1.54, 1.807) is 0 Å². The lowest BCUT2D eigenvalue weighted by molar-refractivity contribution is -0.137. The van der Waals surface area contributed by atoms with Gasteiger partial charge >= 0.3 is 6.18 Å². The van der Waals surface area contributed by atoms with Crippen molar-refractivity contribution >= 4 is 22.2 Å². The number of sulfone groups is 1. The summed E-state index contributed by atoms with van der Waals surface area (Å²) in [4.78, 5) is -0.0757. The predicted molar refractivity (Wildman–Crippen MR) is 73.7 cm³/mol. The van der Waals surface area contributed by atoms with Crippen LogP contribution >= 0.6 is 12.4 Å². The highest BCUT2D eigenvalue weighted by Gasteiger charge is 2.30. The summed E-state index contributed by atoms with van der Waals surface area (Å²) in [5.74, 6) is -0.0711. The van der Waals surface area contributed by atoms with Crippen molar-refractivity contribution < 1.29 is 21.6 Å². The number of halogens is 4. The van der Waals surface area contributed by atoms with Crippen LogP contribution in [0.25, 0.3) is 0 Å². The number of nitrogens with two attached hydrogens (primary N) is 1. The van der Waals surface area contributed by atoms with Crippen molar-refractivity contribution in [2.24, 2.45) is 5.73 Å². The smallest absolute Gasteiger partial charge is 0.330 e. The number of hydrogen-bond acceptors (Lipinski definition) is 3. The molecule has 0 amide bonds. The normalized spacial score (nSPS) is 12.0. The van der Waals surface area contributed by atoms with Crippen LogP contribution in [0.4, 0.5) is 13.2 Å². The molecule has 0 saturated carbocycles. The Morgan fingerprint density at radius 1 is 1.00 bits per heavy atom. The van der Waals surface area contributed by atoms with Crippen molar-refractivity contribution in [2.45, 2.75) is 30.3 Å². The number of alkyl halides is 3. The van der Waals surface area contributed by atoms with Crippen LogP contribution in [-0.2, 0) is 16.0 Å². The summed E-state index contributed by atoms with van der Waals surface area (Å²) in [5.41, 5.74) is 4.44. The number of rotatable bonds is 6. The zero-order chi connectivity index (χ0) is 14.5. The van der Waals surface area contributed by atoms with E-state index in [4.69, 9.17) is 5.73 Å². The van der Waals surface area contributed by atoms with Crippen LogP contribution in [-0.4, -0.2) is 20.7 Å². The molecular weight excluding hydrogens is 315 g/mol. The van der Waals surface area contributed by atoms with Gasteiger partial charge in [-0.05, 0) is 43.7 Å². The highest BCUT2D eigenvalue weighted by atomic mass is 35.5. The Labute approximate surface area is 122 Å². The van der Waals surface area contributed by atoms with E-state index in [2.05, 4.69) is 0 Å². The third-order valence-electron chi connectivity index (χ3n) is 2.66. The van der Waals surface area contributed by atoms with Gasteiger partial charge in [0, 0.05) is 0 Å². The van der Waals surface area contributed by atoms with Crippen molar-refractivity contribution in [1.82, 2.24) is 0 Å². The van der Waals surface area contributed by atoms with Gasteiger partial charge in [0.1, 0.15) is 0 Å². The van der Waals surface area contributed by atoms with E-state index < -0.39 is 21.6 Å². The average Bonchev–Trinajstić information content (AvgIpc) is 2.34. The molecule has 2 N–H and O–H groups in total. The molecule has 1 aromatic carbocycles. The van der Waals surface area contributed by atoms with E-state index in [0.29, 0.717) is 19.4 Å². The molecule has 0 atom stereocenters. The molecule has 0 fully saturated rings. The second kappa shape index (κ2) is 7.85. The molecule has 0 aliphatic heterocycles. The molecule has 0 unspecified atom stereocenters. The molecule has 0 aliphatic carbocycles. The fourth-order valence-electron chi connectivity index (χ4n) is 1.58. The molecule has 0 heterocycles. The van der Waals surface area contributed by atoms with E-state index in [1.165, 1.54) is 0 Å². The molecule has 116 valence electrons. The zero-order valence-corrected chi connectivity index (χ0v) is 12.3. The summed E-state index contributed by atoms with van der Waals surface area (Å²) >= 11 is 0. The second-order valence-corrected chi connectivity index (χ2v) is 6.30. The lowest BCUT2D eigenvalue weighted by atomic mass is 10.2. The molecule has 1 rings (SSSR count). The summed E-state index contributed by atoms with van der Waals surface area (Å²) < 4.78 is 60.7. The summed E-state index contributed by atoms with van der Waals surface area (Å²) in [5, 5.41) is 0. The minimum atomic E-state index is -4.45. The van der Waals surface area contributed by atoms with Gasteiger partial charge in [-0.15, -0.1) is 12.4 Å². The van der Waals surface area contributed by atoms with Gasteiger partial charge in [0.15, 0.2) is 9.84 Å². The van der Waals surface area contributed by atoms with E-state index >= 15 is 0 Å². The predicted octanol–water partition coefficient (Wildman–Crippen LogP) is 3.03. The molecule has 0 saturated heterocycles. The summed E-state index contributed by atoms with van der Waals surface area (Å²) in [6.07, 6.45) is -2.57. The average molecular weight is 332 g/mol. The molecular formula is C12H17ClF3NO2S. The third-order valence-corrected chi connectivity index (χ3v) is 4.47. The van der Waals surface area contributed by atoms with Gasteiger partial charge in [0.25, 0.3) is 0 Å². The molecule has 20 heavy (non-hydrogen) atoms. The van der Waals surface area contributed by atoms with Crippen LogP contribution < -0.4 is 5.73 Å². The highest BCUT2D eigenvalue weighted by Crippen LogP contribution is 2.29. The van der Waals surface area contributed by atoms with E-state index in [9.17, 15) is 21.6 Å². The Morgan fingerprint density at radius 3 is 2.00 bits per heavy atom. The van der Waals surface area contributed by atoms with Crippen molar-refractivity contribution in [3.63, 3.8) is 0 Å². The molecule has 0 aromatic heterocycles. The van der Waals surface area contributed by atoms with Gasteiger partial charge in [-0.2, -0.15) is 13.2 Å². The third kappa shape index (κ3) is 5.68. The van der Waals surface area contributed by atoms with Crippen LogP contribution in [0, 0.1) is 0 Å². The lowest BCUT2D eigenvalue weighted by Gasteiger charge is -2.08. The summed E-state index contributed by atoms with van der Waals surface area (Å²) in [7, 11) is -3.51. The van der Waals surface area contributed by atoms with Crippen LogP contribution in [0.1, 0.15) is 24.8 Å². The number of unbranched alkanes of at least 4 members (excludes halogenated alkanes) is 2.